The molecular weight excluding hydrogens is 178 g/mol. The van der Waals surface area contributed by atoms with E-state index in [1.54, 1.807) is 0 Å². The lowest BCUT2D eigenvalue weighted by Crippen LogP contribution is -2.34. The molecule has 0 fully saturated rings. The molecule has 1 aliphatic heterocycles. The molecule has 3 nitrogen and oxygen atoms in total. The van der Waals surface area contributed by atoms with Crippen LogP contribution in [0.25, 0.3) is 0 Å². The number of ether oxygens (including phenoxy) is 1. The minimum absolute atomic E-state index is 0.0284. The fourth-order valence-electron chi connectivity index (χ4n) is 1.77. The Morgan fingerprint density at radius 1 is 1.57 bits per heavy atom. The number of rotatable bonds is 1. The van der Waals surface area contributed by atoms with Crippen LogP contribution in [0.3, 0.4) is 0 Å². The lowest BCUT2D eigenvalue weighted by Gasteiger charge is -2.20. The molecular formula is C11H15NO2. The van der Waals surface area contributed by atoms with Gasteiger partial charge in [-0.25, -0.2) is 0 Å². The molecule has 0 amide bonds. The van der Waals surface area contributed by atoms with Crippen molar-refractivity contribution in [2.75, 3.05) is 12.3 Å². The zero-order valence-corrected chi connectivity index (χ0v) is 8.50. The van der Waals surface area contributed by atoms with Crippen LogP contribution in [0, 0.1) is 6.92 Å². The zero-order valence-electron chi connectivity index (χ0n) is 8.50. The highest BCUT2D eigenvalue weighted by Crippen LogP contribution is 2.37. The molecule has 2 rings (SSSR count). The molecule has 1 aromatic carbocycles. The predicted molar refractivity (Wildman–Crippen MR) is 55.4 cm³/mol. The molecule has 0 bridgehead atoms. The van der Waals surface area contributed by atoms with Crippen LogP contribution in [0.15, 0.2) is 12.1 Å². The number of nitrogen functional groups attached to an aromatic ring is 1. The van der Waals surface area contributed by atoms with Gasteiger partial charge in [-0.15, -0.1) is 0 Å². The first-order valence-electron chi connectivity index (χ1n) is 4.73. The topological polar surface area (TPSA) is 55.5 Å². The molecule has 1 aliphatic rings. The fourth-order valence-corrected chi connectivity index (χ4v) is 1.77. The van der Waals surface area contributed by atoms with Crippen molar-refractivity contribution in [1.29, 1.82) is 0 Å². The van der Waals surface area contributed by atoms with Gasteiger partial charge in [0.25, 0.3) is 0 Å². The van der Waals surface area contributed by atoms with Crippen LogP contribution in [-0.4, -0.2) is 17.3 Å². The summed E-state index contributed by atoms with van der Waals surface area (Å²) in [6, 6.07) is 3.87. The largest absolute Gasteiger partial charge is 0.485 e. The van der Waals surface area contributed by atoms with Crippen molar-refractivity contribution < 1.29 is 9.84 Å². The van der Waals surface area contributed by atoms with Crippen LogP contribution in [0.1, 0.15) is 18.1 Å². The molecule has 1 aromatic rings. The first-order valence-corrected chi connectivity index (χ1v) is 4.73. The van der Waals surface area contributed by atoms with Gasteiger partial charge in [0.05, 0.1) is 6.61 Å². The molecule has 1 atom stereocenters. The Labute approximate surface area is 83.5 Å². The molecule has 0 spiro atoms. The van der Waals surface area contributed by atoms with Gasteiger partial charge in [-0.05, 0) is 31.5 Å². The van der Waals surface area contributed by atoms with Gasteiger partial charge in [-0.2, -0.15) is 0 Å². The number of benzene rings is 1. The first kappa shape index (κ1) is 9.34. The van der Waals surface area contributed by atoms with Crippen LogP contribution in [-0.2, 0) is 6.42 Å². The van der Waals surface area contributed by atoms with E-state index in [0.717, 1.165) is 29.0 Å². The van der Waals surface area contributed by atoms with Gasteiger partial charge in [-0.3, -0.25) is 0 Å². The van der Waals surface area contributed by atoms with E-state index in [-0.39, 0.29) is 6.61 Å². The van der Waals surface area contributed by atoms with Crippen molar-refractivity contribution >= 4 is 5.69 Å². The van der Waals surface area contributed by atoms with Crippen LogP contribution >= 0.6 is 0 Å². The van der Waals surface area contributed by atoms with Gasteiger partial charge in [-0.1, -0.05) is 0 Å². The summed E-state index contributed by atoms with van der Waals surface area (Å²) in [6.45, 7) is 3.88. The standard InChI is InChI=1S/C11H15NO2/c1-7-3-10-8(4-9(7)12)5-11(2,6-13)14-10/h3-4,13H,5-6,12H2,1-2H3. The summed E-state index contributed by atoms with van der Waals surface area (Å²) in [5, 5.41) is 9.18. The minimum Gasteiger partial charge on any atom is -0.485 e. The van der Waals surface area contributed by atoms with E-state index in [9.17, 15) is 5.11 Å². The summed E-state index contributed by atoms with van der Waals surface area (Å²) in [5.41, 5.74) is 8.23. The Morgan fingerprint density at radius 2 is 2.29 bits per heavy atom. The van der Waals surface area contributed by atoms with Gasteiger partial charge in [0.2, 0.25) is 0 Å². The van der Waals surface area contributed by atoms with Crippen LogP contribution < -0.4 is 10.5 Å². The van der Waals surface area contributed by atoms with Gasteiger partial charge < -0.3 is 15.6 Å². The van der Waals surface area contributed by atoms with Crippen LogP contribution in [0.2, 0.25) is 0 Å². The van der Waals surface area contributed by atoms with E-state index in [4.69, 9.17) is 10.5 Å². The predicted octanol–water partition coefficient (Wildman–Crippen LogP) is 1.26. The minimum atomic E-state index is -0.470. The Morgan fingerprint density at radius 3 is 2.93 bits per heavy atom. The van der Waals surface area contributed by atoms with Gasteiger partial charge in [0.15, 0.2) is 0 Å². The molecule has 14 heavy (non-hydrogen) atoms. The molecule has 0 radical (unpaired) electrons. The first-order chi connectivity index (χ1) is 6.54. The number of aliphatic hydroxyl groups excluding tert-OH is 1. The maximum Gasteiger partial charge on any atom is 0.133 e. The van der Waals surface area contributed by atoms with Crippen molar-refractivity contribution in [2.24, 2.45) is 0 Å². The summed E-state index contributed by atoms with van der Waals surface area (Å²) in [7, 11) is 0. The number of nitrogens with two attached hydrogens (primary N) is 1. The second kappa shape index (κ2) is 2.89. The summed E-state index contributed by atoms with van der Waals surface area (Å²) in [4.78, 5) is 0. The van der Waals surface area contributed by atoms with Gasteiger partial charge in [0, 0.05) is 17.7 Å². The summed E-state index contributed by atoms with van der Waals surface area (Å²) in [6.07, 6.45) is 0.726. The molecule has 3 N–H and O–H groups in total. The summed E-state index contributed by atoms with van der Waals surface area (Å²) >= 11 is 0. The molecule has 1 unspecified atom stereocenters. The molecule has 0 aromatic heterocycles. The van der Waals surface area contributed by atoms with E-state index in [2.05, 4.69) is 0 Å². The van der Waals surface area contributed by atoms with Crippen molar-refractivity contribution in [3.8, 4) is 5.75 Å². The van der Waals surface area contributed by atoms with Crippen molar-refractivity contribution in [2.45, 2.75) is 25.9 Å². The maximum absolute atomic E-state index is 9.18. The number of aliphatic hydroxyl groups is 1. The lowest BCUT2D eigenvalue weighted by atomic mass is 9.99. The van der Waals surface area contributed by atoms with E-state index in [0.29, 0.717) is 0 Å². The molecule has 0 saturated carbocycles. The molecule has 1 heterocycles. The van der Waals surface area contributed by atoms with Crippen LogP contribution in [0.4, 0.5) is 5.69 Å². The second-order valence-electron chi connectivity index (χ2n) is 4.20. The van der Waals surface area contributed by atoms with E-state index < -0.39 is 5.60 Å². The zero-order chi connectivity index (χ0) is 10.3. The molecule has 0 aliphatic carbocycles. The Bertz CT molecular complexity index is 343. The smallest absolute Gasteiger partial charge is 0.133 e. The Kier molecular flexibility index (Phi) is 1.93. The second-order valence-corrected chi connectivity index (χ2v) is 4.20. The Hall–Kier alpha value is -1.22. The number of hydrogen-bond donors (Lipinski definition) is 2. The lowest BCUT2D eigenvalue weighted by molar-refractivity contribution is 0.0446. The average molecular weight is 193 g/mol. The third-order valence-electron chi connectivity index (χ3n) is 2.70. The normalized spacial score (nSPS) is 24.5. The third kappa shape index (κ3) is 1.34. The number of aryl methyl sites for hydroxylation is 1. The van der Waals surface area contributed by atoms with Crippen molar-refractivity contribution in [3.05, 3.63) is 23.3 Å². The fraction of sp³-hybridized carbons (Fsp3) is 0.455. The summed E-state index contributed by atoms with van der Waals surface area (Å²) in [5.74, 6) is 0.855. The van der Waals surface area contributed by atoms with Crippen LogP contribution in [0.5, 0.6) is 5.75 Å². The number of hydrogen-bond acceptors (Lipinski definition) is 3. The maximum atomic E-state index is 9.18. The summed E-state index contributed by atoms with van der Waals surface area (Å²) < 4.78 is 5.67. The van der Waals surface area contributed by atoms with Gasteiger partial charge >= 0.3 is 0 Å². The van der Waals surface area contributed by atoms with Crippen molar-refractivity contribution in [3.63, 3.8) is 0 Å². The quantitative estimate of drug-likeness (QED) is 0.660. The monoisotopic (exact) mass is 193 g/mol. The highest BCUT2D eigenvalue weighted by atomic mass is 16.5. The van der Waals surface area contributed by atoms with Gasteiger partial charge in [0.1, 0.15) is 11.4 Å². The van der Waals surface area contributed by atoms with E-state index in [1.807, 2.05) is 26.0 Å². The number of anilines is 1. The molecule has 3 heteroatoms. The highest BCUT2D eigenvalue weighted by Gasteiger charge is 2.34. The van der Waals surface area contributed by atoms with Crippen molar-refractivity contribution in [1.82, 2.24) is 0 Å². The van der Waals surface area contributed by atoms with E-state index >= 15 is 0 Å². The number of fused-ring (bicyclic) bond motifs is 1. The Balaban J connectivity index is 2.41. The average Bonchev–Trinajstić information content (AvgIpc) is 2.43. The highest BCUT2D eigenvalue weighted by molar-refractivity contribution is 5.56. The molecule has 76 valence electrons. The molecule has 0 saturated heterocycles. The third-order valence-corrected chi connectivity index (χ3v) is 2.70. The van der Waals surface area contributed by atoms with E-state index in [1.165, 1.54) is 0 Å². The SMILES string of the molecule is Cc1cc2c(cc1N)CC(C)(CO)O2.